The summed E-state index contributed by atoms with van der Waals surface area (Å²) in [7, 11) is 0. The first-order valence-electron chi connectivity index (χ1n) is 15.0. The minimum absolute atomic E-state index is 0.0499. The SMILES string of the molecule is CC(C)(C)[C@H]1CC[C@@H](N2CC[C@](C#N)(NC(=O)[C@@H](CC(=O)N3CCOCC3)CC3CCCCC3)C2)CC1. The zero-order valence-electron chi connectivity index (χ0n) is 23.6. The minimum atomic E-state index is -0.842. The Morgan fingerprint density at radius 1 is 1.03 bits per heavy atom. The van der Waals surface area contributed by atoms with Gasteiger partial charge in [-0.1, -0.05) is 52.9 Å². The van der Waals surface area contributed by atoms with Gasteiger partial charge in [0.15, 0.2) is 0 Å². The molecule has 2 aliphatic carbocycles. The van der Waals surface area contributed by atoms with Crippen LogP contribution in [0.2, 0.25) is 0 Å². The number of ether oxygens (including phenoxy) is 1. The quantitative estimate of drug-likeness (QED) is 0.540. The topological polar surface area (TPSA) is 85.7 Å². The fourth-order valence-corrected chi connectivity index (χ4v) is 7.28. The molecule has 2 saturated heterocycles. The number of nitriles is 1. The fourth-order valence-electron chi connectivity index (χ4n) is 7.28. The summed E-state index contributed by atoms with van der Waals surface area (Å²) in [6.45, 7) is 10.8. The molecule has 1 N–H and O–H groups in total. The van der Waals surface area contributed by atoms with Crippen LogP contribution in [0.1, 0.15) is 97.8 Å². The lowest BCUT2D eigenvalue weighted by Crippen LogP contribution is -2.53. The molecule has 0 spiro atoms. The van der Waals surface area contributed by atoms with Crippen molar-refractivity contribution in [1.82, 2.24) is 15.1 Å². The molecule has 4 fully saturated rings. The lowest BCUT2D eigenvalue weighted by Gasteiger charge is -2.40. The number of carbonyl (C=O) groups is 2. The molecular formula is C30H50N4O3. The average molecular weight is 515 g/mol. The molecule has 2 saturated carbocycles. The Kier molecular flexibility index (Phi) is 9.56. The number of amides is 2. The highest BCUT2D eigenvalue weighted by atomic mass is 16.5. The van der Waals surface area contributed by atoms with Crippen molar-refractivity contribution in [2.45, 2.75) is 109 Å². The first kappa shape index (κ1) is 28.4. The van der Waals surface area contributed by atoms with E-state index >= 15 is 0 Å². The molecule has 0 aromatic carbocycles. The Balaban J connectivity index is 1.37. The standard InChI is InChI=1S/C30H50N4O3/c1-29(2,3)25-9-11-26(12-10-25)34-14-13-30(21-31,22-34)32-28(36)24(19-23-7-5-4-6-8-23)20-27(35)33-15-17-37-18-16-33/h23-26H,4-20,22H2,1-3H3,(H,32,36)/t24-,25-,26+,30-/m1/s1. The fraction of sp³-hybridized carbons (Fsp3) is 0.900. The monoisotopic (exact) mass is 514 g/mol. The van der Waals surface area contributed by atoms with E-state index in [-0.39, 0.29) is 24.2 Å². The maximum Gasteiger partial charge on any atom is 0.224 e. The van der Waals surface area contributed by atoms with Gasteiger partial charge >= 0.3 is 0 Å². The van der Waals surface area contributed by atoms with E-state index in [9.17, 15) is 14.9 Å². The molecule has 0 bridgehead atoms. The Labute approximate surface area is 224 Å². The number of rotatable bonds is 7. The highest BCUT2D eigenvalue weighted by molar-refractivity contribution is 5.86. The number of morpholine rings is 1. The molecule has 7 heteroatoms. The third-order valence-electron chi connectivity index (χ3n) is 9.81. The van der Waals surface area contributed by atoms with E-state index in [1.165, 1.54) is 44.9 Å². The van der Waals surface area contributed by atoms with Gasteiger partial charge in [-0.3, -0.25) is 14.5 Å². The summed E-state index contributed by atoms with van der Waals surface area (Å²) >= 11 is 0. The largest absolute Gasteiger partial charge is 0.378 e. The molecule has 0 aromatic heterocycles. The third kappa shape index (κ3) is 7.47. The van der Waals surface area contributed by atoms with Crippen molar-refractivity contribution in [1.29, 1.82) is 5.26 Å². The average Bonchev–Trinajstić information content (AvgIpc) is 3.33. The van der Waals surface area contributed by atoms with Crippen molar-refractivity contribution in [3.05, 3.63) is 0 Å². The molecule has 0 unspecified atom stereocenters. The lowest BCUT2D eigenvalue weighted by molar-refractivity contribution is -0.140. The van der Waals surface area contributed by atoms with Gasteiger partial charge in [-0.15, -0.1) is 0 Å². The van der Waals surface area contributed by atoms with Gasteiger partial charge < -0.3 is 15.0 Å². The van der Waals surface area contributed by atoms with Gasteiger partial charge in [0.2, 0.25) is 11.8 Å². The molecular weight excluding hydrogens is 464 g/mol. The predicted molar refractivity (Wildman–Crippen MR) is 145 cm³/mol. The minimum Gasteiger partial charge on any atom is -0.378 e. The van der Waals surface area contributed by atoms with Crippen molar-refractivity contribution in [2.24, 2.45) is 23.2 Å². The van der Waals surface area contributed by atoms with Crippen LogP contribution in [0.15, 0.2) is 0 Å². The van der Waals surface area contributed by atoms with Gasteiger partial charge in [0.25, 0.3) is 0 Å². The van der Waals surface area contributed by atoms with Crippen molar-refractivity contribution in [2.75, 3.05) is 39.4 Å². The van der Waals surface area contributed by atoms with Gasteiger partial charge in [-0.2, -0.15) is 5.26 Å². The van der Waals surface area contributed by atoms with Crippen LogP contribution in [0.4, 0.5) is 0 Å². The zero-order valence-corrected chi connectivity index (χ0v) is 23.6. The smallest absolute Gasteiger partial charge is 0.224 e. The maximum atomic E-state index is 13.7. The van der Waals surface area contributed by atoms with Gasteiger partial charge in [-0.25, -0.2) is 0 Å². The Morgan fingerprint density at radius 3 is 2.32 bits per heavy atom. The van der Waals surface area contributed by atoms with Crippen LogP contribution in [-0.2, 0) is 14.3 Å². The van der Waals surface area contributed by atoms with Crippen molar-refractivity contribution >= 4 is 11.8 Å². The molecule has 2 amide bonds. The van der Waals surface area contributed by atoms with Gasteiger partial charge in [-0.05, 0) is 55.8 Å². The van der Waals surface area contributed by atoms with Crippen LogP contribution in [0.25, 0.3) is 0 Å². The first-order valence-corrected chi connectivity index (χ1v) is 15.0. The van der Waals surface area contributed by atoms with E-state index in [0.29, 0.717) is 56.6 Å². The number of hydrogen-bond acceptors (Lipinski definition) is 5. The van der Waals surface area contributed by atoms with Crippen molar-refractivity contribution in [3.63, 3.8) is 0 Å². The van der Waals surface area contributed by atoms with E-state index in [1.807, 2.05) is 4.90 Å². The van der Waals surface area contributed by atoms with Crippen molar-refractivity contribution in [3.8, 4) is 6.07 Å². The van der Waals surface area contributed by atoms with Crippen LogP contribution in [-0.4, -0.2) is 72.6 Å². The van der Waals surface area contributed by atoms with E-state index < -0.39 is 5.54 Å². The second kappa shape index (κ2) is 12.5. The molecule has 2 aliphatic heterocycles. The number of hydrogen-bond donors (Lipinski definition) is 1. The van der Waals surface area contributed by atoms with E-state index in [1.54, 1.807) is 0 Å². The van der Waals surface area contributed by atoms with Gasteiger partial charge in [0, 0.05) is 44.6 Å². The summed E-state index contributed by atoms with van der Waals surface area (Å²) in [4.78, 5) is 31.1. The third-order valence-corrected chi connectivity index (χ3v) is 9.81. The zero-order chi connectivity index (χ0) is 26.5. The Hall–Kier alpha value is -1.65. The first-order chi connectivity index (χ1) is 17.7. The summed E-state index contributed by atoms with van der Waals surface area (Å²) in [6, 6.07) is 3.01. The highest BCUT2D eigenvalue weighted by Crippen LogP contribution is 2.40. The maximum absolute atomic E-state index is 13.7. The molecule has 2 heterocycles. The summed E-state index contributed by atoms with van der Waals surface area (Å²) in [5, 5.41) is 13.4. The number of carbonyl (C=O) groups excluding carboxylic acids is 2. The lowest BCUT2D eigenvalue weighted by atomic mass is 9.71. The molecule has 7 nitrogen and oxygen atoms in total. The summed E-state index contributed by atoms with van der Waals surface area (Å²) in [5.41, 5.74) is -0.489. The van der Waals surface area contributed by atoms with Crippen LogP contribution < -0.4 is 5.32 Å². The van der Waals surface area contributed by atoms with Gasteiger partial charge in [0.05, 0.1) is 19.3 Å². The molecule has 208 valence electrons. The second-order valence-electron chi connectivity index (χ2n) is 13.4. The number of nitrogens with zero attached hydrogens (tertiary/aromatic N) is 3. The van der Waals surface area contributed by atoms with E-state index in [2.05, 4.69) is 37.1 Å². The van der Waals surface area contributed by atoms with E-state index in [4.69, 9.17) is 4.74 Å². The van der Waals surface area contributed by atoms with Crippen LogP contribution in [0.3, 0.4) is 0 Å². The highest BCUT2D eigenvalue weighted by Gasteiger charge is 2.44. The molecule has 2 atom stereocenters. The Bertz CT molecular complexity index is 814. The second-order valence-corrected chi connectivity index (χ2v) is 13.4. The summed E-state index contributed by atoms with van der Waals surface area (Å²) in [5.74, 6) is 0.857. The molecule has 0 radical (unpaired) electrons. The molecule has 37 heavy (non-hydrogen) atoms. The number of nitrogens with one attached hydrogen (secondary N) is 1. The van der Waals surface area contributed by atoms with Crippen LogP contribution in [0, 0.1) is 34.5 Å². The molecule has 4 rings (SSSR count). The van der Waals surface area contributed by atoms with Gasteiger partial charge in [0.1, 0.15) is 5.54 Å². The van der Waals surface area contributed by atoms with Crippen molar-refractivity contribution < 1.29 is 14.3 Å². The van der Waals surface area contributed by atoms with E-state index in [0.717, 1.165) is 31.7 Å². The number of likely N-dealkylation sites (tertiary alicyclic amines) is 1. The summed E-state index contributed by atoms with van der Waals surface area (Å²) in [6.07, 6.45) is 12.5. The molecule has 4 aliphatic rings. The van der Waals surface area contributed by atoms with Crippen LogP contribution in [0.5, 0.6) is 0 Å². The predicted octanol–water partition coefficient (Wildman–Crippen LogP) is 4.51. The normalized spacial score (nSPS) is 31.0. The van der Waals surface area contributed by atoms with Crippen LogP contribution >= 0.6 is 0 Å². The molecule has 0 aromatic rings. The Morgan fingerprint density at radius 2 is 1.70 bits per heavy atom. The summed E-state index contributed by atoms with van der Waals surface area (Å²) < 4.78 is 5.41.